The predicted molar refractivity (Wildman–Crippen MR) is 87.5 cm³/mol. The van der Waals surface area contributed by atoms with Gasteiger partial charge >= 0.3 is 0 Å². The van der Waals surface area contributed by atoms with Crippen molar-refractivity contribution < 1.29 is 4.74 Å². The molecule has 112 valence electrons. The standard InChI is InChI=1S/C15H15Cl3N2O/c1-10(20-6-4-11-3-2-5-19-9-11)21-15-13(17)7-12(16)8-14(15)18/h2-3,5,7-10,20H,4,6H2,1H3. The van der Waals surface area contributed by atoms with Gasteiger partial charge in [0.05, 0.1) is 10.0 Å². The van der Waals surface area contributed by atoms with Crippen molar-refractivity contribution in [1.29, 1.82) is 0 Å². The van der Waals surface area contributed by atoms with Crippen molar-refractivity contribution in [3.05, 3.63) is 57.3 Å². The summed E-state index contributed by atoms with van der Waals surface area (Å²) in [6.45, 7) is 2.65. The molecule has 2 aromatic rings. The third kappa shape index (κ3) is 5.04. The molecule has 0 amide bonds. The average molecular weight is 346 g/mol. The monoisotopic (exact) mass is 344 g/mol. The van der Waals surface area contributed by atoms with Crippen LogP contribution in [0.15, 0.2) is 36.7 Å². The summed E-state index contributed by atoms with van der Waals surface area (Å²) in [7, 11) is 0. The van der Waals surface area contributed by atoms with E-state index in [1.807, 2.05) is 25.3 Å². The van der Waals surface area contributed by atoms with E-state index in [9.17, 15) is 0 Å². The summed E-state index contributed by atoms with van der Waals surface area (Å²) in [4.78, 5) is 4.08. The van der Waals surface area contributed by atoms with Gasteiger partial charge < -0.3 is 4.74 Å². The van der Waals surface area contributed by atoms with Crippen molar-refractivity contribution in [2.75, 3.05) is 6.54 Å². The normalized spacial score (nSPS) is 12.2. The zero-order valence-electron chi connectivity index (χ0n) is 11.4. The van der Waals surface area contributed by atoms with E-state index in [4.69, 9.17) is 39.5 Å². The van der Waals surface area contributed by atoms with Crippen LogP contribution in [0.3, 0.4) is 0 Å². The summed E-state index contributed by atoms with van der Waals surface area (Å²) in [5.74, 6) is 0.434. The Morgan fingerprint density at radius 3 is 2.57 bits per heavy atom. The number of pyridine rings is 1. The molecule has 1 atom stereocenters. The predicted octanol–water partition coefficient (Wildman–Crippen LogP) is 4.60. The molecule has 0 saturated carbocycles. The number of hydrogen-bond donors (Lipinski definition) is 1. The van der Waals surface area contributed by atoms with Crippen LogP contribution < -0.4 is 10.1 Å². The van der Waals surface area contributed by atoms with Crippen LogP contribution in [0.5, 0.6) is 5.75 Å². The molecule has 0 bridgehead atoms. The van der Waals surface area contributed by atoms with Crippen LogP contribution in [0, 0.1) is 0 Å². The van der Waals surface area contributed by atoms with Crippen LogP contribution in [0.1, 0.15) is 12.5 Å². The Hall–Kier alpha value is -1.000. The molecule has 0 aliphatic heterocycles. The first-order valence-corrected chi connectivity index (χ1v) is 7.63. The van der Waals surface area contributed by atoms with E-state index in [0.717, 1.165) is 13.0 Å². The van der Waals surface area contributed by atoms with Gasteiger partial charge in [0.1, 0.15) is 6.23 Å². The molecule has 1 unspecified atom stereocenters. The second-order valence-electron chi connectivity index (χ2n) is 4.52. The highest BCUT2D eigenvalue weighted by atomic mass is 35.5. The minimum Gasteiger partial charge on any atom is -0.473 e. The van der Waals surface area contributed by atoms with Crippen molar-refractivity contribution in [2.24, 2.45) is 0 Å². The Labute approximate surface area is 139 Å². The van der Waals surface area contributed by atoms with Gasteiger partial charge in [-0.15, -0.1) is 0 Å². The lowest BCUT2D eigenvalue weighted by molar-refractivity contribution is 0.184. The van der Waals surface area contributed by atoms with E-state index < -0.39 is 0 Å². The van der Waals surface area contributed by atoms with Crippen molar-refractivity contribution >= 4 is 34.8 Å². The van der Waals surface area contributed by atoms with Crippen molar-refractivity contribution in [1.82, 2.24) is 10.3 Å². The largest absolute Gasteiger partial charge is 0.473 e. The number of nitrogens with zero attached hydrogens (tertiary/aromatic N) is 1. The maximum Gasteiger partial charge on any atom is 0.158 e. The first kappa shape index (κ1) is 16.4. The number of hydrogen-bond acceptors (Lipinski definition) is 3. The lowest BCUT2D eigenvalue weighted by Gasteiger charge is -2.18. The van der Waals surface area contributed by atoms with Crippen LogP contribution >= 0.6 is 34.8 Å². The van der Waals surface area contributed by atoms with Gasteiger partial charge in [-0.05, 0) is 37.1 Å². The third-order valence-corrected chi connectivity index (χ3v) is 3.61. The number of ether oxygens (including phenoxy) is 1. The molecule has 1 aromatic carbocycles. The fourth-order valence-electron chi connectivity index (χ4n) is 1.83. The van der Waals surface area contributed by atoms with Gasteiger partial charge in [0.15, 0.2) is 5.75 Å². The van der Waals surface area contributed by atoms with E-state index in [1.165, 1.54) is 5.56 Å². The molecule has 1 aromatic heterocycles. The van der Waals surface area contributed by atoms with Crippen molar-refractivity contribution in [2.45, 2.75) is 19.6 Å². The topological polar surface area (TPSA) is 34.2 Å². The highest BCUT2D eigenvalue weighted by Gasteiger charge is 2.12. The SMILES string of the molecule is CC(NCCc1cccnc1)Oc1c(Cl)cc(Cl)cc1Cl. The van der Waals surface area contributed by atoms with Gasteiger partial charge in [-0.2, -0.15) is 0 Å². The minimum atomic E-state index is -0.224. The molecule has 0 aliphatic carbocycles. The van der Waals surface area contributed by atoms with Crippen LogP contribution in [-0.4, -0.2) is 17.8 Å². The second kappa shape index (κ2) is 7.85. The van der Waals surface area contributed by atoms with Crippen molar-refractivity contribution in [3.8, 4) is 5.75 Å². The average Bonchev–Trinajstić information content (AvgIpc) is 2.44. The quantitative estimate of drug-likeness (QED) is 0.777. The summed E-state index contributed by atoms with van der Waals surface area (Å²) in [5, 5.41) is 4.52. The van der Waals surface area contributed by atoms with Gasteiger partial charge in [-0.25, -0.2) is 0 Å². The van der Waals surface area contributed by atoms with Gasteiger partial charge in [0, 0.05) is 24.0 Å². The summed E-state index contributed by atoms with van der Waals surface area (Å²) in [5.41, 5.74) is 1.17. The minimum absolute atomic E-state index is 0.224. The lowest BCUT2D eigenvalue weighted by atomic mass is 10.2. The summed E-state index contributed by atoms with van der Waals surface area (Å²) in [6, 6.07) is 7.16. The van der Waals surface area contributed by atoms with Crippen LogP contribution in [0.2, 0.25) is 15.1 Å². The van der Waals surface area contributed by atoms with Gasteiger partial charge in [0.25, 0.3) is 0 Å². The van der Waals surface area contributed by atoms with Gasteiger partial charge in [-0.3, -0.25) is 10.3 Å². The van der Waals surface area contributed by atoms with Gasteiger partial charge in [0.2, 0.25) is 0 Å². The van der Waals surface area contributed by atoms with Gasteiger partial charge in [-0.1, -0.05) is 40.9 Å². The maximum atomic E-state index is 6.08. The van der Waals surface area contributed by atoms with Crippen LogP contribution in [0.25, 0.3) is 0 Å². The maximum absolute atomic E-state index is 6.08. The number of halogens is 3. The first-order valence-electron chi connectivity index (χ1n) is 6.50. The Morgan fingerprint density at radius 2 is 1.95 bits per heavy atom. The molecular weight excluding hydrogens is 331 g/mol. The molecule has 3 nitrogen and oxygen atoms in total. The molecule has 0 radical (unpaired) electrons. The zero-order chi connectivity index (χ0) is 15.2. The molecule has 1 N–H and O–H groups in total. The lowest BCUT2D eigenvalue weighted by Crippen LogP contribution is -2.33. The number of aromatic nitrogens is 1. The molecule has 6 heteroatoms. The van der Waals surface area contributed by atoms with E-state index in [0.29, 0.717) is 20.8 Å². The Kier molecular flexibility index (Phi) is 6.12. The summed E-state index contributed by atoms with van der Waals surface area (Å²) >= 11 is 18.0. The second-order valence-corrected chi connectivity index (χ2v) is 5.77. The highest BCUT2D eigenvalue weighted by Crippen LogP contribution is 2.36. The van der Waals surface area contributed by atoms with E-state index in [-0.39, 0.29) is 6.23 Å². The van der Waals surface area contributed by atoms with E-state index in [2.05, 4.69) is 10.3 Å². The fraction of sp³-hybridized carbons (Fsp3) is 0.267. The van der Waals surface area contributed by atoms with Crippen molar-refractivity contribution in [3.63, 3.8) is 0 Å². The van der Waals surface area contributed by atoms with Crippen LogP contribution in [0.4, 0.5) is 0 Å². The zero-order valence-corrected chi connectivity index (χ0v) is 13.7. The Bertz CT molecular complexity index is 570. The van der Waals surface area contributed by atoms with Crippen LogP contribution in [-0.2, 0) is 6.42 Å². The third-order valence-electron chi connectivity index (χ3n) is 2.83. The fourth-order valence-corrected chi connectivity index (χ4v) is 2.73. The smallest absolute Gasteiger partial charge is 0.158 e. The molecule has 0 saturated heterocycles. The number of benzene rings is 1. The molecule has 0 spiro atoms. The summed E-state index contributed by atoms with van der Waals surface area (Å²) in [6.07, 6.45) is 4.24. The highest BCUT2D eigenvalue weighted by molar-refractivity contribution is 6.40. The van der Waals surface area contributed by atoms with E-state index >= 15 is 0 Å². The Morgan fingerprint density at radius 1 is 1.24 bits per heavy atom. The molecule has 21 heavy (non-hydrogen) atoms. The summed E-state index contributed by atoms with van der Waals surface area (Å²) < 4.78 is 5.72. The Balaban J connectivity index is 1.86. The molecular formula is C15H15Cl3N2O. The molecule has 1 heterocycles. The molecule has 0 aliphatic rings. The number of rotatable bonds is 6. The molecule has 0 fully saturated rings. The number of nitrogens with one attached hydrogen (secondary N) is 1. The van der Waals surface area contributed by atoms with E-state index in [1.54, 1.807) is 18.3 Å². The molecule has 2 rings (SSSR count). The first-order chi connectivity index (χ1) is 10.1.